The quantitative estimate of drug-likeness (QED) is 0.823. The van der Waals surface area contributed by atoms with E-state index < -0.39 is 0 Å². The Bertz CT molecular complexity index is 399. The number of benzene rings is 1. The van der Waals surface area contributed by atoms with E-state index in [1.807, 2.05) is 7.05 Å². The van der Waals surface area contributed by atoms with Gasteiger partial charge in [-0.25, -0.2) is 4.39 Å². The second-order valence-electron chi connectivity index (χ2n) is 4.76. The Morgan fingerprint density at radius 1 is 1.37 bits per heavy atom. The van der Waals surface area contributed by atoms with Crippen molar-refractivity contribution in [2.75, 3.05) is 14.2 Å². The predicted molar refractivity (Wildman–Crippen MR) is 78.3 cm³/mol. The van der Waals surface area contributed by atoms with Crippen molar-refractivity contribution in [1.82, 2.24) is 5.32 Å². The predicted octanol–water partition coefficient (Wildman–Crippen LogP) is 3.81. The van der Waals surface area contributed by atoms with E-state index in [-0.39, 0.29) is 17.5 Å². The van der Waals surface area contributed by atoms with Crippen LogP contribution in [-0.2, 0) is 11.2 Å². The zero-order valence-electron chi connectivity index (χ0n) is 12.1. The molecule has 1 atom stereocenters. The third-order valence-electron chi connectivity index (χ3n) is 4.03. The molecule has 0 aliphatic carbocycles. The average molecular weight is 288 g/mol. The van der Waals surface area contributed by atoms with E-state index in [1.165, 1.54) is 12.1 Å². The normalized spacial score (nSPS) is 13.6. The summed E-state index contributed by atoms with van der Waals surface area (Å²) in [5, 5.41) is 3.78. The maximum Gasteiger partial charge on any atom is 0.124 e. The number of methoxy groups -OCH3 is 1. The topological polar surface area (TPSA) is 21.3 Å². The summed E-state index contributed by atoms with van der Waals surface area (Å²) in [6.45, 7) is 4.23. The summed E-state index contributed by atoms with van der Waals surface area (Å²) in [4.78, 5) is 0. The van der Waals surface area contributed by atoms with Gasteiger partial charge < -0.3 is 10.1 Å². The fourth-order valence-electron chi connectivity index (χ4n) is 2.63. The molecule has 1 unspecified atom stereocenters. The average Bonchev–Trinajstić information content (AvgIpc) is 2.42. The zero-order valence-corrected chi connectivity index (χ0v) is 12.9. The highest BCUT2D eigenvalue weighted by Crippen LogP contribution is 2.28. The molecule has 1 N–H and O–H groups in total. The molecule has 4 heteroatoms. The van der Waals surface area contributed by atoms with Crippen LogP contribution in [0.5, 0.6) is 0 Å². The van der Waals surface area contributed by atoms with Crippen LogP contribution in [0.25, 0.3) is 0 Å². The van der Waals surface area contributed by atoms with Gasteiger partial charge in [-0.05, 0) is 44.0 Å². The molecule has 19 heavy (non-hydrogen) atoms. The molecule has 0 amide bonds. The third-order valence-corrected chi connectivity index (χ3v) is 4.38. The first-order valence-electron chi connectivity index (χ1n) is 6.69. The lowest BCUT2D eigenvalue weighted by molar-refractivity contribution is -0.0454. The fourth-order valence-corrected chi connectivity index (χ4v) is 2.88. The Hall–Kier alpha value is -0.640. The molecule has 1 aromatic rings. The number of hydrogen-bond acceptors (Lipinski definition) is 2. The van der Waals surface area contributed by atoms with Crippen LogP contribution in [-0.4, -0.2) is 25.8 Å². The highest BCUT2D eigenvalue weighted by atomic mass is 35.5. The van der Waals surface area contributed by atoms with E-state index >= 15 is 0 Å². The fraction of sp³-hybridized carbons (Fsp3) is 0.600. The van der Waals surface area contributed by atoms with E-state index in [1.54, 1.807) is 13.2 Å². The number of halogens is 2. The summed E-state index contributed by atoms with van der Waals surface area (Å²) in [6, 6.07) is 4.68. The number of rotatable bonds is 7. The largest absolute Gasteiger partial charge is 0.377 e. The first-order chi connectivity index (χ1) is 9.02. The molecule has 0 fully saturated rings. The molecule has 0 aromatic heterocycles. The van der Waals surface area contributed by atoms with Crippen molar-refractivity contribution in [3.05, 3.63) is 34.6 Å². The van der Waals surface area contributed by atoms with Crippen LogP contribution in [0.3, 0.4) is 0 Å². The first kappa shape index (κ1) is 16.4. The van der Waals surface area contributed by atoms with Gasteiger partial charge in [0.05, 0.1) is 5.60 Å². The van der Waals surface area contributed by atoms with Crippen molar-refractivity contribution >= 4 is 11.6 Å². The molecule has 0 radical (unpaired) electrons. The second kappa shape index (κ2) is 7.22. The zero-order chi connectivity index (χ0) is 14.5. The second-order valence-corrected chi connectivity index (χ2v) is 5.16. The van der Waals surface area contributed by atoms with E-state index in [0.29, 0.717) is 11.4 Å². The standard InChI is InChI=1S/C15H23ClFNO/c1-5-15(6-2,19-4)14(18-3)9-11-7-8-12(17)10-13(11)16/h7-8,10,14,18H,5-6,9H2,1-4H3. The van der Waals surface area contributed by atoms with E-state index in [4.69, 9.17) is 16.3 Å². The molecule has 0 aliphatic rings. The Balaban J connectivity index is 2.98. The molecule has 108 valence electrons. The van der Waals surface area contributed by atoms with E-state index in [0.717, 1.165) is 18.4 Å². The molecule has 0 saturated heterocycles. The van der Waals surface area contributed by atoms with Gasteiger partial charge in [-0.3, -0.25) is 0 Å². The van der Waals surface area contributed by atoms with Gasteiger partial charge in [0, 0.05) is 18.2 Å². The Labute approximate surface area is 120 Å². The van der Waals surface area contributed by atoms with Crippen LogP contribution >= 0.6 is 11.6 Å². The minimum absolute atomic E-state index is 0.135. The lowest BCUT2D eigenvalue weighted by Crippen LogP contribution is -2.51. The SMILES string of the molecule is CCC(CC)(OC)C(Cc1ccc(F)cc1Cl)NC. The van der Waals surface area contributed by atoms with Gasteiger partial charge in [0.15, 0.2) is 0 Å². The summed E-state index contributed by atoms with van der Waals surface area (Å²) in [5.74, 6) is -0.307. The summed E-state index contributed by atoms with van der Waals surface area (Å²) in [7, 11) is 3.66. The van der Waals surface area contributed by atoms with Crippen LogP contribution in [0.4, 0.5) is 4.39 Å². The smallest absolute Gasteiger partial charge is 0.124 e. The van der Waals surface area contributed by atoms with Crippen LogP contribution in [0.1, 0.15) is 32.3 Å². The maximum absolute atomic E-state index is 13.1. The van der Waals surface area contributed by atoms with Gasteiger partial charge in [-0.1, -0.05) is 31.5 Å². The minimum Gasteiger partial charge on any atom is -0.377 e. The van der Waals surface area contributed by atoms with Crippen molar-refractivity contribution in [3.63, 3.8) is 0 Å². The summed E-state index contributed by atoms with van der Waals surface area (Å²) in [6.07, 6.45) is 2.53. The van der Waals surface area contributed by atoms with Crippen LogP contribution in [0.2, 0.25) is 5.02 Å². The van der Waals surface area contributed by atoms with Crippen LogP contribution < -0.4 is 5.32 Å². The number of ether oxygens (including phenoxy) is 1. The summed E-state index contributed by atoms with van der Waals surface area (Å²) in [5.41, 5.74) is 0.706. The number of hydrogen-bond donors (Lipinski definition) is 1. The van der Waals surface area contributed by atoms with Crippen molar-refractivity contribution in [3.8, 4) is 0 Å². The van der Waals surface area contributed by atoms with Gasteiger partial charge in [-0.2, -0.15) is 0 Å². The van der Waals surface area contributed by atoms with Crippen LogP contribution in [0, 0.1) is 5.82 Å². The molecule has 0 bridgehead atoms. The lowest BCUT2D eigenvalue weighted by Gasteiger charge is -2.38. The Morgan fingerprint density at radius 3 is 2.42 bits per heavy atom. The van der Waals surface area contributed by atoms with Gasteiger partial charge >= 0.3 is 0 Å². The van der Waals surface area contributed by atoms with E-state index in [2.05, 4.69) is 19.2 Å². The molecular formula is C15H23ClFNO. The third kappa shape index (κ3) is 3.68. The molecule has 0 aliphatic heterocycles. The van der Waals surface area contributed by atoms with Gasteiger partial charge in [0.2, 0.25) is 0 Å². The summed E-state index contributed by atoms with van der Waals surface area (Å²) < 4.78 is 18.8. The molecular weight excluding hydrogens is 265 g/mol. The molecule has 1 aromatic carbocycles. The van der Waals surface area contributed by atoms with Gasteiger partial charge in [0.1, 0.15) is 5.82 Å². The molecule has 0 spiro atoms. The van der Waals surface area contributed by atoms with Crippen molar-refractivity contribution in [1.29, 1.82) is 0 Å². The highest BCUT2D eigenvalue weighted by Gasteiger charge is 2.35. The Morgan fingerprint density at radius 2 is 2.00 bits per heavy atom. The summed E-state index contributed by atoms with van der Waals surface area (Å²) >= 11 is 6.10. The highest BCUT2D eigenvalue weighted by molar-refractivity contribution is 6.31. The molecule has 0 saturated carbocycles. The Kier molecular flexibility index (Phi) is 6.24. The van der Waals surface area contributed by atoms with E-state index in [9.17, 15) is 4.39 Å². The molecule has 0 heterocycles. The maximum atomic E-state index is 13.1. The number of nitrogens with one attached hydrogen (secondary N) is 1. The number of likely N-dealkylation sites (N-methyl/N-ethyl adjacent to an activating group) is 1. The van der Waals surface area contributed by atoms with Gasteiger partial charge in [0.25, 0.3) is 0 Å². The lowest BCUT2D eigenvalue weighted by atomic mass is 9.84. The minimum atomic E-state index is -0.307. The van der Waals surface area contributed by atoms with Crippen molar-refractivity contribution in [2.45, 2.75) is 44.8 Å². The van der Waals surface area contributed by atoms with Gasteiger partial charge in [-0.15, -0.1) is 0 Å². The molecule has 2 nitrogen and oxygen atoms in total. The molecule has 1 rings (SSSR count). The van der Waals surface area contributed by atoms with Crippen molar-refractivity contribution in [2.24, 2.45) is 0 Å². The van der Waals surface area contributed by atoms with Crippen LogP contribution in [0.15, 0.2) is 18.2 Å². The first-order valence-corrected chi connectivity index (χ1v) is 7.07. The van der Waals surface area contributed by atoms with Crippen molar-refractivity contribution < 1.29 is 9.13 Å². The monoisotopic (exact) mass is 287 g/mol.